The van der Waals surface area contributed by atoms with Crippen LogP contribution in [-0.2, 0) is 9.47 Å². The lowest BCUT2D eigenvalue weighted by Crippen LogP contribution is -2.32. The van der Waals surface area contributed by atoms with Crippen LogP contribution in [0.1, 0.15) is 35.6 Å². The van der Waals surface area contributed by atoms with E-state index in [9.17, 15) is 5.26 Å². The number of benzene rings is 1. The fourth-order valence-electron chi connectivity index (χ4n) is 3.77. The minimum Gasteiger partial charge on any atom is -0.493 e. The predicted molar refractivity (Wildman–Crippen MR) is 123 cm³/mol. The Morgan fingerprint density at radius 1 is 1.24 bits per heavy atom. The van der Waals surface area contributed by atoms with E-state index < -0.39 is 6.04 Å². The van der Waals surface area contributed by atoms with Crippen LogP contribution in [0.5, 0.6) is 11.5 Å². The van der Waals surface area contributed by atoms with Gasteiger partial charge in [0, 0.05) is 12.0 Å². The van der Waals surface area contributed by atoms with Crippen molar-refractivity contribution in [2.75, 3.05) is 43.7 Å². The number of rotatable bonds is 6. The molecule has 34 heavy (non-hydrogen) atoms. The first-order chi connectivity index (χ1) is 16.5. The number of hydrogen-bond donors (Lipinski definition) is 4. The number of aliphatic imine (C=N–C) groups is 1. The van der Waals surface area contributed by atoms with Crippen molar-refractivity contribution in [2.24, 2.45) is 4.99 Å². The summed E-state index contributed by atoms with van der Waals surface area (Å²) in [7, 11) is 1.55. The van der Waals surface area contributed by atoms with Crippen molar-refractivity contribution in [1.82, 2.24) is 10.3 Å². The Hall–Kier alpha value is -4.26. The summed E-state index contributed by atoms with van der Waals surface area (Å²) in [4.78, 5) is 8.83. The van der Waals surface area contributed by atoms with Gasteiger partial charge in [-0.1, -0.05) is 6.07 Å². The molecular weight excluding hydrogens is 440 g/mol. The van der Waals surface area contributed by atoms with E-state index in [1.165, 1.54) is 0 Å². The van der Waals surface area contributed by atoms with Gasteiger partial charge in [-0.05, 0) is 24.1 Å². The third-order valence-electron chi connectivity index (χ3n) is 5.37. The molecule has 0 bridgehead atoms. The summed E-state index contributed by atoms with van der Waals surface area (Å²) >= 11 is 0. The molecule has 1 atom stereocenters. The Morgan fingerprint density at radius 2 is 2.03 bits per heavy atom. The zero-order valence-corrected chi connectivity index (χ0v) is 18.5. The van der Waals surface area contributed by atoms with Crippen molar-refractivity contribution in [2.45, 2.75) is 25.2 Å². The average molecular weight is 464 g/mol. The number of guanidine groups is 1. The number of nitrogen functional groups attached to an aromatic ring is 2. The summed E-state index contributed by atoms with van der Waals surface area (Å²) in [5.41, 5.74) is 13.6. The van der Waals surface area contributed by atoms with Crippen LogP contribution in [0.3, 0.4) is 0 Å². The number of nitrogens with two attached hydrogens (primary N) is 2. The molecule has 2 aliphatic rings. The Labute approximate surface area is 196 Å². The van der Waals surface area contributed by atoms with Gasteiger partial charge in [0.15, 0.2) is 24.0 Å². The van der Waals surface area contributed by atoms with E-state index in [2.05, 4.69) is 20.6 Å². The van der Waals surface area contributed by atoms with Crippen LogP contribution in [0.25, 0.3) is 0 Å². The van der Waals surface area contributed by atoms with Crippen LogP contribution in [0, 0.1) is 22.8 Å². The minimum atomic E-state index is -0.689. The number of fused-ring (bicyclic) bond motifs is 1. The van der Waals surface area contributed by atoms with Gasteiger partial charge in [0.05, 0.1) is 32.6 Å². The summed E-state index contributed by atoms with van der Waals surface area (Å²) in [6.45, 7) is 1.68. The van der Waals surface area contributed by atoms with E-state index in [1.807, 2.05) is 12.3 Å². The summed E-state index contributed by atoms with van der Waals surface area (Å²) in [5, 5.41) is 23.9. The molecule has 12 heteroatoms. The Bertz CT molecular complexity index is 1180. The van der Waals surface area contributed by atoms with Gasteiger partial charge in [-0.15, -0.1) is 0 Å². The maximum absolute atomic E-state index is 9.49. The van der Waals surface area contributed by atoms with Gasteiger partial charge in [-0.25, -0.2) is 9.98 Å². The maximum atomic E-state index is 9.49. The largest absolute Gasteiger partial charge is 0.493 e. The number of hydrogen-bond acceptors (Lipinski definition) is 12. The highest BCUT2D eigenvalue weighted by molar-refractivity contribution is 5.98. The summed E-state index contributed by atoms with van der Waals surface area (Å²) < 4.78 is 22.6. The molecule has 0 spiro atoms. The molecule has 2 aliphatic heterocycles. The molecule has 2 aromatic rings. The topological polar surface area (TPSA) is 186 Å². The SMILES string of the molecule is COc1ccc(C2N=C(NC#N)Nc3nc(N)c(C#N)c(N)c32)cc1OCCC1OCCCO1. The Morgan fingerprint density at radius 3 is 2.74 bits per heavy atom. The van der Waals surface area contributed by atoms with Gasteiger partial charge < -0.3 is 35.7 Å². The second-order valence-electron chi connectivity index (χ2n) is 7.47. The number of methoxy groups -OCH3 is 1. The normalized spacial score (nSPS) is 17.4. The molecule has 1 unspecified atom stereocenters. The fourth-order valence-corrected chi connectivity index (χ4v) is 3.77. The summed E-state index contributed by atoms with van der Waals surface area (Å²) in [6, 6.07) is 6.62. The number of ether oxygens (including phenoxy) is 4. The first kappa shape index (κ1) is 22.9. The molecule has 12 nitrogen and oxygen atoms in total. The van der Waals surface area contributed by atoms with Gasteiger partial charge in [0.1, 0.15) is 29.3 Å². The zero-order valence-electron chi connectivity index (χ0n) is 18.5. The molecule has 1 fully saturated rings. The highest BCUT2D eigenvalue weighted by atomic mass is 16.7. The van der Waals surface area contributed by atoms with E-state index in [4.69, 9.17) is 35.7 Å². The van der Waals surface area contributed by atoms with Gasteiger partial charge >= 0.3 is 0 Å². The molecule has 1 aromatic heterocycles. The Kier molecular flexibility index (Phi) is 6.82. The first-order valence-electron chi connectivity index (χ1n) is 10.6. The van der Waals surface area contributed by atoms with Crippen molar-refractivity contribution < 1.29 is 18.9 Å². The smallest absolute Gasteiger partial charge is 0.211 e. The maximum Gasteiger partial charge on any atom is 0.211 e. The van der Waals surface area contributed by atoms with Gasteiger partial charge in [-0.3, -0.25) is 5.32 Å². The number of aromatic nitrogens is 1. The minimum absolute atomic E-state index is 0.0193. The van der Waals surface area contributed by atoms with Crippen LogP contribution in [-0.4, -0.2) is 44.2 Å². The highest BCUT2D eigenvalue weighted by Gasteiger charge is 2.30. The van der Waals surface area contributed by atoms with Crippen molar-refractivity contribution >= 4 is 23.3 Å². The number of pyridine rings is 1. The molecule has 6 N–H and O–H groups in total. The molecule has 176 valence electrons. The molecule has 0 radical (unpaired) electrons. The third kappa shape index (κ3) is 4.59. The van der Waals surface area contributed by atoms with Crippen LogP contribution in [0.4, 0.5) is 17.3 Å². The van der Waals surface area contributed by atoms with Gasteiger partial charge in [0.25, 0.3) is 0 Å². The molecule has 1 aromatic carbocycles. The zero-order chi connectivity index (χ0) is 24.1. The molecule has 0 saturated carbocycles. The molecule has 0 aliphatic carbocycles. The fraction of sp³-hybridized carbons (Fsp3) is 0.364. The van der Waals surface area contributed by atoms with Gasteiger partial charge in [-0.2, -0.15) is 10.5 Å². The predicted octanol–water partition coefficient (Wildman–Crippen LogP) is 1.60. The van der Waals surface area contributed by atoms with Crippen molar-refractivity contribution in [3.63, 3.8) is 0 Å². The molecule has 4 rings (SSSR count). The van der Waals surface area contributed by atoms with Crippen LogP contribution >= 0.6 is 0 Å². The lowest BCUT2D eigenvalue weighted by molar-refractivity contribution is -0.183. The van der Waals surface area contributed by atoms with Crippen molar-refractivity contribution in [3.8, 4) is 23.8 Å². The molecular formula is C22H24N8O4. The first-order valence-corrected chi connectivity index (χ1v) is 10.6. The number of nitrogens with zero attached hydrogens (tertiary/aromatic N) is 4. The van der Waals surface area contributed by atoms with Crippen LogP contribution in [0.15, 0.2) is 23.2 Å². The second-order valence-corrected chi connectivity index (χ2v) is 7.47. The quantitative estimate of drug-likeness (QED) is 0.359. The van der Waals surface area contributed by atoms with E-state index in [1.54, 1.807) is 25.3 Å². The monoisotopic (exact) mass is 464 g/mol. The van der Waals surface area contributed by atoms with Gasteiger partial charge in [0.2, 0.25) is 5.96 Å². The van der Waals surface area contributed by atoms with E-state index >= 15 is 0 Å². The van der Waals surface area contributed by atoms with E-state index in [-0.39, 0.29) is 29.3 Å². The summed E-state index contributed by atoms with van der Waals surface area (Å²) in [6.07, 6.45) is 2.96. The summed E-state index contributed by atoms with van der Waals surface area (Å²) in [5.74, 6) is 1.47. The van der Waals surface area contributed by atoms with Crippen molar-refractivity contribution in [1.29, 1.82) is 10.5 Å². The lowest BCUT2D eigenvalue weighted by atomic mass is 9.95. The lowest BCUT2D eigenvalue weighted by Gasteiger charge is -2.27. The third-order valence-corrected chi connectivity index (χ3v) is 5.37. The van der Waals surface area contributed by atoms with E-state index in [0.717, 1.165) is 6.42 Å². The highest BCUT2D eigenvalue weighted by Crippen LogP contribution is 2.42. The Balaban J connectivity index is 1.68. The molecule has 1 saturated heterocycles. The van der Waals surface area contributed by atoms with Crippen LogP contribution in [0.2, 0.25) is 0 Å². The molecule has 0 amide bonds. The number of nitriles is 2. The van der Waals surface area contributed by atoms with E-state index in [0.29, 0.717) is 54.7 Å². The number of anilines is 3. The molecule has 3 heterocycles. The second kappa shape index (κ2) is 10.1. The number of nitrogens with one attached hydrogen (secondary N) is 2. The standard InChI is InChI=1S/C22H24N8O4/c1-31-14-4-3-12(9-15(14)32-8-5-16-33-6-2-7-34-16)19-17-18(25)13(10-23)20(26)29-21(17)30-22(28-19)27-11-24/h3-4,9,16,19H,2,5-8H2,1H3,(H6,25,26,27,28,29,30). The average Bonchev–Trinajstić information content (AvgIpc) is 2.84. The van der Waals surface area contributed by atoms with Crippen LogP contribution < -0.4 is 31.6 Å². The van der Waals surface area contributed by atoms with Crippen molar-refractivity contribution in [3.05, 3.63) is 34.9 Å².